The largest absolute Gasteiger partial charge is 0.486 e. The van der Waals surface area contributed by atoms with Crippen LogP contribution >= 0.6 is 34.5 Å². The zero-order chi connectivity index (χ0) is 24.1. The molecule has 1 aromatic carbocycles. The summed E-state index contributed by atoms with van der Waals surface area (Å²) in [6, 6.07) is 6.99. The SMILES string of the molecule is COCCNC(=O)c1cc(-c2csc(COc3cc(Cl)cc(Cl)c3)n2)n(CC2CCCO2)c1C. The van der Waals surface area contributed by atoms with Crippen molar-refractivity contribution in [3.8, 4) is 17.1 Å². The van der Waals surface area contributed by atoms with E-state index in [2.05, 4.69) is 9.88 Å². The molecule has 3 heterocycles. The number of hydrogen-bond donors (Lipinski definition) is 1. The number of methoxy groups -OCH3 is 1. The van der Waals surface area contributed by atoms with Gasteiger partial charge in [0.2, 0.25) is 0 Å². The predicted molar refractivity (Wildman–Crippen MR) is 134 cm³/mol. The van der Waals surface area contributed by atoms with Crippen LogP contribution in [0.15, 0.2) is 29.6 Å². The molecule has 1 aliphatic heterocycles. The van der Waals surface area contributed by atoms with E-state index in [4.69, 9.17) is 42.4 Å². The van der Waals surface area contributed by atoms with Crippen LogP contribution in [0.25, 0.3) is 11.4 Å². The molecule has 10 heteroatoms. The van der Waals surface area contributed by atoms with Crippen LogP contribution < -0.4 is 10.1 Å². The Hall–Kier alpha value is -2.10. The van der Waals surface area contributed by atoms with E-state index in [1.165, 1.54) is 11.3 Å². The summed E-state index contributed by atoms with van der Waals surface area (Å²) in [6.07, 6.45) is 2.18. The molecule has 1 unspecified atom stereocenters. The second-order valence-electron chi connectivity index (χ2n) is 8.04. The second-order valence-corrected chi connectivity index (χ2v) is 9.86. The highest BCUT2D eigenvalue weighted by molar-refractivity contribution is 7.09. The van der Waals surface area contributed by atoms with Crippen molar-refractivity contribution in [1.29, 1.82) is 0 Å². The lowest BCUT2D eigenvalue weighted by Crippen LogP contribution is -2.27. The van der Waals surface area contributed by atoms with Crippen LogP contribution in [0.1, 0.15) is 33.9 Å². The van der Waals surface area contributed by atoms with Gasteiger partial charge in [0.25, 0.3) is 5.91 Å². The number of nitrogens with one attached hydrogen (secondary N) is 1. The van der Waals surface area contributed by atoms with E-state index in [1.807, 2.05) is 18.4 Å². The molecule has 1 aliphatic rings. The highest BCUT2D eigenvalue weighted by Gasteiger charge is 2.24. The van der Waals surface area contributed by atoms with Crippen molar-refractivity contribution in [3.05, 3.63) is 56.0 Å². The molecule has 1 fully saturated rings. The zero-order valence-electron chi connectivity index (χ0n) is 19.1. The van der Waals surface area contributed by atoms with Gasteiger partial charge in [0.15, 0.2) is 0 Å². The summed E-state index contributed by atoms with van der Waals surface area (Å²) >= 11 is 13.6. The fraction of sp³-hybridized carbons (Fsp3) is 0.417. The Bertz CT molecular complexity index is 1120. The Labute approximate surface area is 212 Å². The number of carbonyl (C=O) groups is 1. The van der Waals surface area contributed by atoms with Crippen molar-refractivity contribution in [2.45, 2.75) is 39.0 Å². The van der Waals surface area contributed by atoms with E-state index in [0.717, 1.165) is 41.5 Å². The van der Waals surface area contributed by atoms with Gasteiger partial charge >= 0.3 is 0 Å². The third kappa shape index (κ3) is 6.12. The summed E-state index contributed by atoms with van der Waals surface area (Å²) in [7, 11) is 1.61. The molecule has 3 aromatic rings. The Morgan fingerprint density at radius 2 is 2.09 bits per heavy atom. The van der Waals surface area contributed by atoms with Crippen LogP contribution in [0, 0.1) is 6.92 Å². The van der Waals surface area contributed by atoms with Gasteiger partial charge in [0, 0.05) is 47.9 Å². The minimum atomic E-state index is -0.126. The van der Waals surface area contributed by atoms with Gasteiger partial charge in [-0.15, -0.1) is 11.3 Å². The molecule has 7 nitrogen and oxygen atoms in total. The van der Waals surface area contributed by atoms with Gasteiger partial charge in [-0.2, -0.15) is 0 Å². The number of aromatic nitrogens is 2. The van der Waals surface area contributed by atoms with Gasteiger partial charge in [-0.3, -0.25) is 4.79 Å². The number of carbonyl (C=O) groups excluding carboxylic acids is 1. The summed E-state index contributed by atoms with van der Waals surface area (Å²) < 4.78 is 18.9. The standard InChI is InChI=1S/C24H27Cl2N3O4S/c1-15-20(24(30)27-5-7-31-2)11-22(29(15)12-18-4-3-6-32-18)21-14-34-23(28-21)13-33-19-9-16(25)8-17(26)10-19/h8-11,14,18H,3-7,12-13H2,1-2H3,(H,27,30). The maximum atomic E-state index is 12.8. The van der Waals surface area contributed by atoms with Crippen LogP contribution in [0.3, 0.4) is 0 Å². The number of nitrogens with zero attached hydrogens (tertiary/aromatic N) is 2. The van der Waals surface area contributed by atoms with Crippen LogP contribution in [0.4, 0.5) is 0 Å². The maximum Gasteiger partial charge on any atom is 0.253 e. The molecule has 4 rings (SSSR count). The normalized spacial score (nSPS) is 15.6. The quantitative estimate of drug-likeness (QED) is 0.362. The molecule has 2 aromatic heterocycles. The number of amides is 1. The summed E-state index contributed by atoms with van der Waals surface area (Å²) in [6.45, 7) is 4.61. The van der Waals surface area contributed by atoms with E-state index >= 15 is 0 Å². The predicted octanol–water partition coefficient (Wildman–Crippen LogP) is 5.36. The molecule has 1 amide bonds. The van der Waals surface area contributed by atoms with Gasteiger partial charge in [-0.25, -0.2) is 4.98 Å². The summed E-state index contributed by atoms with van der Waals surface area (Å²) in [4.78, 5) is 17.6. The molecule has 0 spiro atoms. The molecule has 34 heavy (non-hydrogen) atoms. The van der Waals surface area contributed by atoms with E-state index < -0.39 is 0 Å². The van der Waals surface area contributed by atoms with E-state index in [1.54, 1.807) is 25.3 Å². The first-order valence-corrected chi connectivity index (χ1v) is 12.7. The van der Waals surface area contributed by atoms with Crippen LogP contribution in [-0.4, -0.2) is 48.4 Å². The molecule has 0 aliphatic carbocycles. The fourth-order valence-corrected chi connectivity index (χ4v) is 5.13. The van der Waals surface area contributed by atoms with Crippen LogP contribution in [0.2, 0.25) is 10.0 Å². The van der Waals surface area contributed by atoms with Gasteiger partial charge in [0.1, 0.15) is 17.4 Å². The third-order valence-corrected chi connectivity index (χ3v) is 6.88. The molecule has 0 saturated carbocycles. The van der Waals surface area contributed by atoms with Crippen LogP contribution in [0.5, 0.6) is 5.75 Å². The minimum absolute atomic E-state index is 0.126. The average Bonchev–Trinajstić information content (AvgIpc) is 3.54. The number of ether oxygens (including phenoxy) is 3. The van der Waals surface area contributed by atoms with E-state index in [0.29, 0.717) is 41.1 Å². The summed E-state index contributed by atoms with van der Waals surface area (Å²) in [5.74, 6) is 0.459. The Balaban J connectivity index is 1.56. The second kappa shape index (κ2) is 11.6. The molecule has 0 radical (unpaired) electrons. The molecular weight excluding hydrogens is 497 g/mol. The summed E-state index contributed by atoms with van der Waals surface area (Å²) in [5, 5.41) is 6.73. The van der Waals surface area contributed by atoms with Crippen molar-refractivity contribution < 1.29 is 19.0 Å². The molecule has 1 saturated heterocycles. The van der Waals surface area contributed by atoms with Crippen molar-refractivity contribution in [1.82, 2.24) is 14.9 Å². The van der Waals surface area contributed by atoms with Gasteiger partial charge in [0.05, 0.1) is 29.7 Å². The smallest absolute Gasteiger partial charge is 0.253 e. The van der Waals surface area contributed by atoms with Gasteiger partial charge < -0.3 is 24.1 Å². The van der Waals surface area contributed by atoms with E-state index in [-0.39, 0.29) is 18.6 Å². The first-order chi connectivity index (χ1) is 16.4. The lowest BCUT2D eigenvalue weighted by molar-refractivity contribution is 0.0928. The molecule has 1 atom stereocenters. The summed E-state index contributed by atoms with van der Waals surface area (Å²) in [5.41, 5.74) is 3.20. The number of thiazole rings is 1. The number of benzene rings is 1. The monoisotopic (exact) mass is 523 g/mol. The number of rotatable bonds is 10. The molecule has 0 bridgehead atoms. The first-order valence-electron chi connectivity index (χ1n) is 11.1. The maximum absolute atomic E-state index is 12.8. The lowest BCUT2D eigenvalue weighted by Gasteiger charge is -2.15. The average molecular weight is 524 g/mol. The number of halogens is 2. The number of hydrogen-bond acceptors (Lipinski definition) is 6. The minimum Gasteiger partial charge on any atom is -0.486 e. The Morgan fingerprint density at radius 3 is 2.79 bits per heavy atom. The topological polar surface area (TPSA) is 74.6 Å². The zero-order valence-corrected chi connectivity index (χ0v) is 21.4. The van der Waals surface area contributed by atoms with Crippen LogP contribution in [-0.2, 0) is 22.6 Å². The van der Waals surface area contributed by atoms with Crippen molar-refractivity contribution in [2.24, 2.45) is 0 Å². The van der Waals surface area contributed by atoms with Gasteiger partial charge in [-0.1, -0.05) is 23.2 Å². The molecule has 1 N–H and O–H groups in total. The lowest BCUT2D eigenvalue weighted by atomic mass is 10.2. The van der Waals surface area contributed by atoms with E-state index in [9.17, 15) is 4.79 Å². The van der Waals surface area contributed by atoms with Crippen molar-refractivity contribution in [3.63, 3.8) is 0 Å². The molecular formula is C24H27Cl2N3O4S. The highest BCUT2D eigenvalue weighted by Crippen LogP contribution is 2.30. The van der Waals surface area contributed by atoms with Gasteiger partial charge in [-0.05, 0) is 44.0 Å². The third-order valence-electron chi connectivity index (χ3n) is 5.63. The fourth-order valence-electron chi connectivity index (χ4n) is 3.93. The van der Waals surface area contributed by atoms with Crippen molar-refractivity contribution in [2.75, 3.05) is 26.9 Å². The first kappa shape index (κ1) is 25.0. The molecule has 182 valence electrons. The van der Waals surface area contributed by atoms with Crippen molar-refractivity contribution >= 4 is 40.4 Å². The highest BCUT2D eigenvalue weighted by atomic mass is 35.5. The Morgan fingerprint density at radius 1 is 1.29 bits per heavy atom. The Kier molecular flexibility index (Phi) is 8.50.